The van der Waals surface area contributed by atoms with Crippen LogP contribution in [0, 0.1) is 0 Å². The van der Waals surface area contributed by atoms with Crippen molar-refractivity contribution in [2.24, 2.45) is 0 Å². The lowest BCUT2D eigenvalue weighted by atomic mass is 10.0. The number of ether oxygens (including phenoxy) is 2. The van der Waals surface area contributed by atoms with Gasteiger partial charge in [0.2, 0.25) is 0 Å². The molecule has 5 heteroatoms. The van der Waals surface area contributed by atoms with Gasteiger partial charge in [0.15, 0.2) is 0 Å². The fraction of sp³-hybridized carbons (Fsp3) is 0.250. The first-order valence-corrected chi connectivity index (χ1v) is 8.39. The van der Waals surface area contributed by atoms with E-state index in [4.69, 9.17) is 9.47 Å². The van der Waals surface area contributed by atoms with E-state index < -0.39 is 0 Å². The molecule has 2 aliphatic rings. The van der Waals surface area contributed by atoms with Crippen LogP contribution in [0.15, 0.2) is 42.5 Å². The summed E-state index contributed by atoms with van der Waals surface area (Å²) in [4.78, 5) is 14.6. The smallest absolute Gasteiger partial charge is 0.256 e. The number of hydrogen-bond donors (Lipinski definition) is 1. The lowest BCUT2D eigenvalue weighted by Crippen LogP contribution is -2.36. The number of nitrogens with one attached hydrogen (secondary N) is 1. The standard InChI is InChI=1S/C20H20N2O3/c1-24-19-13-15(22-8-10-25-11-9-22)7-6-14(19)12-17-16-4-2-3-5-18(16)21-20(17)23/h2-7,12-13H,8-11H2,1H3,(H,21,23)/b17-12-. The Labute approximate surface area is 146 Å². The predicted molar refractivity (Wildman–Crippen MR) is 99.0 cm³/mol. The summed E-state index contributed by atoms with van der Waals surface area (Å²) in [6.07, 6.45) is 1.89. The molecule has 0 aromatic heterocycles. The zero-order valence-electron chi connectivity index (χ0n) is 14.1. The van der Waals surface area contributed by atoms with Crippen LogP contribution in [0.25, 0.3) is 11.6 Å². The van der Waals surface area contributed by atoms with Crippen molar-refractivity contribution >= 4 is 28.9 Å². The molecule has 2 heterocycles. The lowest BCUT2D eigenvalue weighted by Gasteiger charge is -2.29. The summed E-state index contributed by atoms with van der Waals surface area (Å²) in [6.45, 7) is 3.23. The third kappa shape index (κ3) is 2.98. The summed E-state index contributed by atoms with van der Waals surface area (Å²) in [7, 11) is 1.66. The highest BCUT2D eigenvalue weighted by atomic mass is 16.5. The summed E-state index contributed by atoms with van der Waals surface area (Å²) in [6, 6.07) is 13.8. The molecule has 2 aromatic carbocycles. The van der Waals surface area contributed by atoms with Crippen LogP contribution in [0.2, 0.25) is 0 Å². The largest absolute Gasteiger partial charge is 0.496 e. The highest BCUT2D eigenvalue weighted by molar-refractivity contribution is 6.35. The number of para-hydroxylation sites is 1. The Morgan fingerprint density at radius 1 is 1.16 bits per heavy atom. The van der Waals surface area contributed by atoms with E-state index in [9.17, 15) is 4.79 Å². The highest BCUT2D eigenvalue weighted by Crippen LogP contribution is 2.35. The van der Waals surface area contributed by atoms with Crippen molar-refractivity contribution in [2.75, 3.05) is 43.6 Å². The van der Waals surface area contributed by atoms with Crippen LogP contribution in [0.4, 0.5) is 11.4 Å². The molecule has 0 saturated carbocycles. The van der Waals surface area contributed by atoms with Crippen LogP contribution in [0.3, 0.4) is 0 Å². The minimum absolute atomic E-state index is 0.0829. The Balaban J connectivity index is 1.70. The molecule has 2 aliphatic heterocycles. The van der Waals surface area contributed by atoms with Crippen molar-refractivity contribution in [3.8, 4) is 5.75 Å². The summed E-state index contributed by atoms with van der Waals surface area (Å²) >= 11 is 0. The molecule has 0 bridgehead atoms. The highest BCUT2D eigenvalue weighted by Gasteiger charge is 2.24. The fourth-order valence-electron chi connectivity index (χ4n) is 3.28. The number of hydrogen-bond acceptors (Lipinski definition) is 4. The van der Waals surface area contributed by atoms with Crippen molar-refractivity contribution in [3.05, 3.63) is 53.6 Å². The molecule has 4 rings (SSSR count). The maximum absolute atomic E-state index is 12.3. The van der Waals surface area contributed by atoms with Crippen LogP contribution in [0.5, 0.6) is 5.75 Å². The van der Waals surface area contributed by atoms with E-state index in [1.807, 2.05) is 42.5 Å². The number of carbonyl (C=O) groups excluding carboxylic acids is 1. The van der Waals surface area contributed by atoms with Gasteiger partial charge >= 0.3 is 0 Å². The van der Waals surface area contributed by atoms with Crippen LogP contribution < -0.4 is 15.0 Å². The molecule has 128 valence electrons. The molecule has 5 nitrogen and oxygen atoms in total. The molecule has 1 N–H and O–H groups in total. The van der Waals surface area contributed by atoms with E-state index in [0.717, 1.165) is 54.6 Å². The minimum atomic E-state index is -0.0829. The zero-order chi connectivity index (χ0) is 17.2. The number of nitrogens with zero attached hydrogens (tertiary/aromatic N) is 1. The van der Waals surface area contributed by atoms with Crippen LogP contribution in [-0.4, -0.2) is 39.3 Å². The topological polar surface area (TPSA) is 50.8 Å². The number of anilines is 2. The first-order chi connectivity index (χ1) is 12.3. The maximum Gasteiger partial charge on any atom is 0.256 e. The van der Waals surface area contributed by atoms with Gasteiger partial charge in [0.05, 0.1) is 20.3 Å². The molecule has 1 fully saturated rings. The number of methoxy groups -OCH3 is 1. The Bertz CT molecular complexity index is 839. The van der Waals surface area contributed by atoms with Crippen LogP contribution in [-0.2, 0) is 9.53 Å². The van der Waals surface area contributed by atoms with Gasteiger partial charge in [-0.2, -0.15) is 0 Å². The molecular formula is C20H20N2O3. The Morgan fingerprint density at radius 3 is 2.76 bits per heavy atom. The van der Waals surface area contributed by atoms with Gasteiger partial charge in [-0.3, -0.25) is 4.79 Å². The van der Waals surface area contributed by atoms with E-state index in [1.54, 1.807) is 7.11 Å². The van der Waals surface area contributed by atoms with Crippen LogP contribution in [0.1, 0.15) is 11.1 Å². The van der Waals surface area contributed by atoms with E-state index >= 15 is 0 Å². The molecule has 1 saturated heterocycles. The number of morpholine rings is 1. The summed E-state index contributed by atoms with van der Waals surface area (Å²) in [5.41, 5.74) is 4.43. The second kappa shape index (κ2) is 6.61. The molecule has 25 heavy (non-hydrogen) atoms. The quantitative estimate of drug-likeness (QED) is 0.876. The van der Waals surface area contributed by atoms with Gasteiger partial charge in [-0.15, -0.1) is 0 Å². The third-order valence-electron chi connectivity index (χ3n) is 4.60. The second-order valence-corrected chi connectivity index (χ2v) is 6.08. The van der Waals surface area contributed by atoms with Gasteiger partial charge in [0.1, 0.15) is 5.75 Å². The van der Waals surface area contributed by atoms with Crippen molar-refractivity contribution < 1.29 is 14.3 Å². The molecule has 0 aliphatic carbocycles. The van der Waals surface area contributed by atoms with E-state index in [-0.39, 0.29) is 5.91 Å². The summed E-state index contributed by atoms with van der Waals surface area (Å²) < 4.78 is 11.0. The van der Waals surface area contributed by atoms with Gasteiger partial charge in [-0.1, -0.05) is 18.2 Å². The van der Waals surface area contributed by atoms with E-state index in [0.29, 0.717) is 5.57 Å². The lowest BCUT2D eigenvalue weighted by molar-refractivity contribution is -0.110. The van der Waals surface area contributed by atoms with Crippen molar-refractivity contribution in [1.82, 2.24) is 0 Å². The molecular weight excluding hydrogens is 316 g/mol. The number of benzene rings is 2. The molecule has 0 atom stereocenters. The third-order valence-corrected chi connectivity index (χ3v) is 4.60. The second-order valence-electron chi connectivity index (χ2n) is 6.08. The number of amides is 1. The predicted octanol–water partition coefficient (Wildman–Crippen LogP) is 3.02. The molecule has 1 amide bonds. The minimum Gasteiger partial charge on any atom is -0.496 e. The van der Waals surface area contributed by atoms with E-state index in [2.05, 4.69) is 16.3 Å². The van der Waals surface area contributed by atoms with Gasteiger partial charge in [-0.25, -0.2) is 0 Å². The van der Waals surface area contributed by atoms with Crippen molar-refractivity contribution in [2.45, 2.75) is 0 Å². The van der Waals surface area contributed by atoms with Crippen LogP contribution >= 0.6 is 0 Å². The van der Waals surface area contributed by atoms with Gasteiger partial charge in [0.25, 0.3) is 5.91 Å². The number of fused-ring (bicyclic) bond motifs is 1. The molecule has 0 spiro atoms. The van der Waals surface area contributed by atoms with Gasteiger partial charge in [0, 0.05) is 47.2 Å². The van der Waals surface area contributed by atoms with Crippen molar-refractivity contribution in [1.29, 1.82) is 0 Å². The first kappa shape index (κ1) is 15.7. The maximum atomic E-state index is 12.3. The molecule has 0 unspecified atom stereocenters. The Hall–Kier alpha value is -2.79. The molecule has 0 radical (unpaired) electrons. The van der Waals surface area contributed by atoms with E-state index in [1.165, 1.54) is 0 Å². The van der Waals surface area contributed by atoms with Gasteiger partial charge in [-0.05, 0) is 24.3 Å². The Kier molecular flexibility index (Phi) is 4.15. The SMILES string of the molecule is COc1cc(N2CCOCC2)ccc1/C=C1\C(=O)Nc2ccccc21. The fourth-order valence-corrected chi connectivity index (χ4v) is 3.28. The average Bonchev–Trinajstić information content (AvgIpc) is 2.98. The average molecular weight is 336 g/mol. The summed E-state index contributed by atoms with van der Waals surface area (Å²) in [5, 5.41) is 2.90. The number of rotatable bonds is 3. The Morgan fingerprint density at radius 2 is 1.96 bits per heavy atom. The van der Waals surface area contributed by atoms with Gasteiger partial charge < -0.3 is 19.7 Å². The zero-order valence-corrected chi connectivity index (χ0v) is 14.1. The number of carbonyl (C=O) groups is 1. The first-order valence-electron chi connectivity index (χ1n) is 8.39. The van der Waals surface area contributed by atoms with Crippen molar-refractivity contribution in [3.63, 3.8) is 0 Å². The summed E-state index contributed by atoms with van der Waals surface area (Å²) in [5.74, 6) is 0.675. The molecule has 2 aromatic rings. The normalized spacial score (nSPS) is 18.2. The monoisotopic (exact) mass is 336 g/mol.